The van der Waals surface area contributed by atoms with Crippen LogP contribution in [0.25, 0.3) is 11.1 Å². The highest BCUT2D eigenvalue weighted by molar-refractivity contribution is 5.80. The second kappa shape index (κ2) is 5.34. The lowest BCUT2D eigenvalue weighted by Crippen LogP contribution is -1.97. The van der Waals surface area contributed by atoms with Gasteiger partial charge in [0.15, 0.2) is 5.82 Å². The van der Waals surface area contributed by atoms with Crippen LogP contribution < -0.4 is 10.5 Å². The Bertz CT molecular complexity index is 576. The number of aryl methyl sites for hydroxylation is 1. The first kappa shape index (κ1) is 13.5. The average Bonchev–Trinajstić information content (AvgIpc) is 2.79. The Hall–Kier alpha value is -1.97. The van der Waals surface area contributed by atoms with Crippen molar-refractivity contribution in [3.8, 4) is 16.9 Å². The quantitative estimate of drug-likeness (QED) is 0.909. The van der Waals surface area contributed by atoms with E-state index in [2.05, 4.69) is 19.0 Å². The number of anilines is 1. The van der Waals surface area contributed by atoms with Crippen LogP contribution in [-0.4, -0.2) is 12.3 Å². The summed E-state index contributed by atoms with van der Waals surface area (Å²) in [5, 5.41) is 3.91. The summed E-state index contributed by atoms with van der Waals surface area (Å²) in [6.45, 7) is 6.25. The van der Waals surface area contributed by atoms with Crippen molar-refractivity contribution in [1.82, 2.24) is 5.16 Å². The van der Waals surface area contributed by atoms with Gasteiger partial charge in [-0.15, -0.1) is 0 Å². The molecule has 4 nitrogen and oxygen atoms in total. The lowest BCUT2D eigenvalue weighted by atomic mass is 9.95. The summed E-state index contributed by atoms with van der Waals surface area (Å²) >= 11 is 0. The summed E-state index contributed by atoms with van der Waals surface area (Å²) in [6, 6.07) is 6.00. The van der Waals surface area contributed by atoms with Crippen molar-refractivity contribution in [2.75, 3.05) is 12.8 Å². The molecule has 2 N–H and O–H groups in total. The molecule has 2 rings (SSSR count). The summed E-state index contributed by atoms with van der Waals surface area (Å²) in [5.74, 6) is 2.29. The number of rotatable bonds is 4. The van der Waals surface area contributed by atoms with Gasteiger partial charge in [-0.1, -0.05) is 30.6 Å². The van der Waals surface area contributed by atoms with Crippen LogP contribution in [0.1, 0.15) is 37.5 Å². The molecule has 0 saturated carbocycles. The zero-order chi connectivity index (χ0) is 14.0. The van der Waals surface area contributed by atoms with Crippen LogP contribution in [-0.2, 0) is 0 Å². The number of nitrogens with zero attached hydrogens (tertiary/aromatic N) is 1. The normalized spacial score (nSPS) is 12.4. The van der Waals surface area contributed by atoms with E-state index in [1.54, 1.807) is 7.11 Å². The monoisotopic (exact) mass is 260 g/mol. The highest BCUT2D eigenvalue weighted by atomic mass is 16.5. The molecule has 0 aliphatic carbocycles. The van der Waals surface area contributed by atoms with E-state index in [1.165, 1.54) is 0 Å². The van der Waals surface area contributed by atoms with Gasteiger partial charge in [0.1, 0.15) is 11.5 Å². The molecule has 1 unspecified atom stereocenters. The summed E-state index contributed by atoms with van der Waals surface area (Å²) in [6.07, 6.45) is 0.968. The topological polar surface area (TPSA) is 61.3 Å². The second-order valence-electron chi connectivity index (χ2n) is 4.82. The fraction of sp³-hybridized carbons (Fsp3) is 0.400. The standard InChI is InChI=1S/C15H20N2O2/c1-5-10(3)14-13(15(16)17-19-14)11-8-9(2)6-7-12(11)18-4/h6-8,10H,5H2,1-4H3,(H2,16,17). The van der Waals surface area contributed by atoms with E-state index in [1.807, 2.05) is 25.1 Å². The van der Waals surface area contributed by atoms with Gasteiger partial charge >= 0.3 is 0 Å². The third-order valence-electron chi connectivity index (χ3n) is 3.43. The molecule has 102 valence electrons. The van der Waals surface area contributed by atoms with E-state index >= 15 is 0 Å². The second-order valence-corrected chi connectivity index (χ2v) is 4.82. The first-order valence-electron chi connectivity index (χ1n) is 6.48. The molecule has 0 amide bonds. The van der Waals surface area contributed by atoms with Crippen LogP contribution in [0.5, 0.6) is 5.75 Å². The maximum atomic E-state index is 5.98. The van der Waals surface area contributed by atoms with Gasteiger partial charge in [0.25, 0.3) is 0 Å². The van der Waals surface area contributed by atoms with Crippen molar-refractivity contribution >= 4 is 5.82 Å². The Morgan fingerprint density at radius 3 is 2.79 bits per heavy atom. The fourth-order valence-corrected chi connectivity index (χ4v) is 2.13. The van der Waals surface area contributed by atoms with Crippen LogP contribution in [0, 0.1) is 6.92 Å². The lowest BCUT2D eigenvalue weighted by Gasteiger charge is -2.12. The minimum Gasteiger partial charge on any atom is -0.496 e. The molecule has 0 spiro atoms. The Labute approximate surface area is 113 Å². The third kappa shape index (κ3) is 2.43. The summed E-state index contributed by atoms with van der Waals surface area (Å²) in [4.78, 5) is 0. The SMILES string of the molecule is CCC(C)c1onc(N)c1-c1cc(C)ccc1OC. The van der Waals surface area contributed by atoms with Gasteiger partial charge in [-0.3, -0.25) is 0 Å². The van der Waals surface area contributed by atoms with Crippen molar-refractivity contribution in [2.45, 2.75) is 33.1 Å². The minimum atomic E-state index is 0.269. The number of nitrogen functional groups attached to an aromatic ring is 1. The summed E-state index contributed by atoms with van der Waals surface area (Å²) < 4.78 is 10.8. The molecule has 1 heterocycles. The van der Waals surface area contributed by atoms with E-state index in [0.717, 1.165) is 34.6 Å². The molecule has 0 aliphatic rings. The Morgan fingerprint density at radius 1 is 1.42 bits per heavy atom. The zero-order valence-electron chi connectivity index (χ0n) is 11.9. The van der Waals surface area contributed by atoms with E-state index in [9.17, 15) is 0 Å². The van der Waals surface area contributed by atoms with Crippen LogP contribution in [0.4, 0.5) is 5.82 Å². The number of nitrogens with two attached hydrogens (primary N) is 1. The fourth-order valence-electron chi connectivity index (χ4n) is 2.13. The first-order valence-corrected chi connectivity index (χ1v) is 6.48. The van der Waals surface area contributed by atoms with Gasteiger partial charge < -0.3 is 15.0 Å². The van der Waals surface area contributed by atoms with Crippen molar-refractivity contribution in [3.05, 3.63) is 29.5 Å². The van der Waals surface area contributed by atoms with Gasteiger partial charge in [0.2, 0.25) is 0 Å². The molecule has 0 radical (unpaired) electrons. The Balaban J connectivity index is 2.64. The molecule has 1 atom stereocenters. The molecule has 19 heavy (non-hydrogen) atoms. The third-order valence-corrected chi connectivity index (χ3v) is 3.43. The van der Waals surface area contributed by atoms with Gasteiger partial charge in [-0.05, 0) is 25.5 Å². The van der Waals surface area contributed by atoms with E-state index in [-0.39, 0.29) is 5.92 Å². The van der Waals surface area contributed by atoms with Crippen LogP contribution in [0.3, 0.4) is 0 Å². The highest BCUT2D eigenvalue weighted by Gasteiger charge is 2.22. The van der Waals surface area contributed by atoms with Crippen molar-refractivity contribution < 1.29 is 9.26 Å². The first-order chi connectivity index (χ1) is 9.08. The Kier molecular flexibility index (Phi) is 3.79. The predicted molar refractivity (Wildman–Crippen MR) is 76.3 cm³/mol. The molecule has 1 aromatic carbocycles. The molecule has 0 fully saturated rings. The highest BCUT2D eigenvalue weighted by Crippen LogP contribution is 2.40. The zero-order valence-corrected chi connectivity index (χ0v) is 11.9. The van der Waals surface area contributed by atoms with Crippen LogP contribution in [0.15, 0.2) is 22.7 Å². The minimum absolute atomic E-state index is 0.269. The molecule has 0 aliphatic heterocycles. The molecular weight excluding hydrogens is 240 g/mol. The number of aromatic nitrogens is 1. The number of benzene rings is 1. The average molecular weight is 260 g/mol. The number of methoxy groups -OCH3 is 1. The largest absolute Gasteiger partial charge is 0.496 e. The van der Waals surface area contributed by atoms with Gasteiger partial charge in [0.05, 0.1) is 12.7 Å². The van der Waals surface area contributed by atoms with Crippen LogP contribution >= 0.6 is 0 Å². The number of hydrogen-bond donors (Lipinski definition) is 1. The van der Waals surface area contributed by atoms with Crippen molar-refractivity contribution in [2.24, 2.45) is 0 Å². The van der Waals surface area contributed by atoms with Crippen LogP contribution in [0.2, 0.25) is 0 Å². The maximum absolute atomic E-state index is 5.98. The van der Waals surface area contributed by atoms with E-state index < -0.39 is 0 Å². The molecule has 4 heteroatoms. The van der Waals surface area contributed by atoms with Crippen molar-refractivity contribution in [3.63, 3.8) is 0 Å². The predicted octanol–water partition coefficient (Wildman–Crippen LogP) is 3.75. The maximum Gasteiger partial charge on any atom is 0.175 e. The number of ether oxygens (including phenoxy) is 1. The molecule has 0 saturated heterocycles. The molecular formula is C15H20N2O2. The van der Waals surface area contributed by atoms with E-state index in [0.29, 0.717) is 5.82 Å². The van der Waals surface area contributed by atoms with Gasteiger partial charge in [-0.25, -0.2) is 0 Å². The van der Waals surface area contributed by atoms with E-state index in [4.69, 9.17) is 15.0 Å². The van der Waals surface area contributed by atoms with Gasteiger partial charge in [-0.2, -0.15) is 0 Å². The van der Waals surface area contributed by atoms with Gasteiger partial charge in [0, 0.05) is 11.5 Å². The number of hydrogen-bond acceptors (Lipinski definition) is 4. The Morgan fingerprint density at radius 2 is 2.16 bits per heavy atom. The molecule has 0 bridgehead atoms. The molecule has 2 aromatic rings. The molecule has 1 aromatic heterocycles. The summed E-state index contributed by atoms with van der Waals surface area (Å²) in [7, 11) is 1.65. The lowest BCUT2D eigenvalue weighted by molar-refractivity contribution is 0.366. The van der Waals surface area contributed by atoms with Crippen molar-refractivity contribution in [1.29, 1.82) is 0 Å². The smallest absolute Gasteiger partial charge is 0.175 e. The summed E-state index contributed by atoms with van der Waals surface area (Å²) in [5.41, 5.74) is 8.92.